The third-order valence-corrected chi connectivity index (χ3v) is 9.18. The van der Waals surface area contributed by atoms with Crippen molar-refractivity contribution in [2.45, 2.75) is 62.6 Å². The molecule has 8 nitrogen and oxygen atoms in total. The molecule has 0 bridgehead atoms. The Morgan fingerprint density at radius 2 is 1.78 bits per heavy atom. The number of hydrogen-bond donors (Lipinski definition) is 3. The van der Waals surface area contributed by atoms with E-state index in [9.17, 15) is 27.6 Å². The van der Waals surface area contributed by atoms with Crippen LogP contribution in [-0.2, 0) is 22.8 Å². The highest BCUT2D eigenvalue weighted by Crippen LogP contribution is 2.44. The zero-order valence-electron chi connectivity index (χ0n) is 25.2. The number of pyridine rings is 1. The fraction of sp³-hybridized carbons (Fsp3) is 0.314. The van der Waals surface area contributed by atoms with E-state index >= 15 is 0 Å². The van der Waals surface area contributed by atoms with Crippen LogP contribution in [0.5, 0.6) is 0 Å². The molecule has 6 rings (SSSR count). The van der Waals surface area contributed by atoms with E-state index in [0.29, 0.717) is 17.9 Å². The summed E-state index contributed by atoms with van der Waals surface area (Å²) in [7, 11) is 1.95. The van der Waals surface area contributed by atoms with E-state index in [2.05, 4.69) is 20.2 Å². The molecular formula is C35H33F3N4O4. The number of anilines is 1. The van der Waals surface area contributed by atoms with Crippen LogP contribution in [0.15, 0.2) is 66.9 Å². The lowest BCUT2D eigenvalue weighted by molar-refractivity contribution is -0.137. The minimum absolute atomic E-state index is 0.0118. The van der Waals surface area contributed by atoms with Gasteiger partial charge in [-0.2, -0.15) is 13.2 Å². The van der Waals surface area contributed by atoms with Crippen LogP contribution in [0.25, 0.3) is 28.4 Å². The number of aryl methyl sites for hydroxylation is 1. The van der Waals surface area contributed by atoms with E-state index < -0.39 is 40.7 Å². The first-order valence-electron chi connectivity index (χ1n) is 15.3. The number of fused-ring (bicyclic) bond motifs is 1. The normalized spacial score (nSPS) is 16.4. The number of carbonyl (C=O) groups excluding carboxylic acids is 2. The second kappa shape index (κ2) is 12.1. The van der Waals surface area contributed by atoms with Crippen molar-refractivity contribution in [2.24, 2.45) is 7.05 Å². The second-order valence-electron chi connectivity index (χ2n) is 12.1. The standard InChI is InChI=1S/C35H33F3N4O4/c1-42-28-20-23(12-13-24(28)30(22-7-2-3-8-22)31(42)27-9-4-5-18-39-27)32(45)41-34(16-6-17-34)33(46)40-26-14-10-21(11-15-29(43)44)19-25(26)35(36,37)38/h4-5,9-15,18-20,22H,2-3,6-8,16-17H2,1H3,(H,40,46)(H,41,45)(H,43,44)/b15-11+. The summed E-state index contributed by atoms with van der Waals surface area (Å²) in [6, 6.07) is 14.4. The summed E-state index contributed by atoms with van der Waals surface area (Å²) in [6.07, 6.45) is 4.34. The van der Waals surface area contributed by atoms with E-state index in [-0.39, 0.29) is 18.4 Å². The molecule has 0 unspecified atom stereocenters. The van der Waals surface area contributed by atoms with Gasteiger partial charge in [0.1, 0.15) is 5.54 Å². The maximum atomic E-state index is 13.9. The van der Waals surface area contributed by atoms with E-state index in [1.807, 2.05) is 31.3 Å². The molecule has 2 saturated carbocycles. The molecule has 46 heavy (non-hydrogen) atoms. The highest BCUT2D eigenvalue weighted by Gasteiger charge is 2.46. The topological polar surface area (TPSA) is 113 Å². The van der Waals surface area contributed by atoms with Gasteiger partial charge in [-0.15, -0.1) is 0 Å². The summed E-state index contributed by atoms with van der Waals surface area (Å²) in [4.78, 5) is 42.5. The summed E-state index contributed by atoms with van der Waals surface area (Å²) < 4.78 is 43.9. The summed E-state index contributed by atoms with van der Waals surface area (Å²) in [5.74, 6) is -2.16. The Labute approximate surface area is 263 Å². The summed E-state index contributed by atoms with van der Waals surface area (Å²) >= 11 is 0. The minimum atomic E-state index is -4.82. The van der Waals surface area contributed by atoms with Crippen LogP contribution in [0.4, 0.5) is 18.9 Å². The molecule has 2 amide bonds. The van der Waals surface area contributed by atoms with Crippen LogP contribution in [0.1, 0.15) is 77.9 Å². The zero-order chi connectivity index (χ0) is 32.6. The molecule has 2 aliphatic carbocycles. The SMILES string of the molecule is Cn1c(-c2ccccn2)c(C2CCCC2)c2ccc(C(=O)NC3(C(=O)Nc4ccc(/C=C/C(=O)O)cc4C(F)(F)F)CCC3)cc21. The number of carboxylic acid groups (broad SMARTS) is 1. The lowest BCUT2D eigenvalue weighted by Gasteiger charge is -2.41. The van der Waals surface area contributed by atoms with Crippen molar-refractivity contribution >= 4 is 40.4 Å². The molecule has 2 aliphatic rings. The first-order valence-corrected chi connectivity index (χ1v) is 15.3. The zero-order valence-corrected chi connectivity index (χ0v) is 25.2. The molecule has 2 aromatic heterocycles. The number of alkyl halides is 3. The number of aliphatic carboxylic acids is 1. The molecule has 238 valence electrons. The van der Waals surface area contributed by atoms with Crippen LogP contribution in [0, 0.1) is 0 Å². The van der Waals surface area contributed by atoms with Gasteiger partial charge in [0, 0.05) is 35.8 Å². The van der Waals surface area contributed by atoms with Gasteiger partial charge >= 0.3 is 12.1 Å². The Morgan fingerprint density at radius 3 is 2.41 bits per heavy atom. The van der Waals surface area contributed by atoms with E-state index in [1.165, 1.54) is 11.6 Å². The van der Waals surface area contributed by atoms with Crippen molar-refractivity contribution < 1.29 is 32.7 Å². The predicted octanol–water partition coefficient (Wildman–Crippen LogP) is 7.31. The Hall–Kier alpha value is -4.93. The molecule has 11 heteroatoms. The monoisotopic (exact) mass is 630 g/mol. The van der Waals surface area contributed by atoms with E-state index in [4.69, 9.17) is 5.11 Å². The van der Waals surface area contributed by atoms with Gasteiger partial charge in [-0.05, 0) is 91.6 Å². The third kappa shape index (κ3) is 5.89. The van der Waals surface area contributed by atoms with Crippen LogP contribution < -0.4 is 10.6 Å². The highest BCUT2D eigenvalue weighted by molar-refractivity contribution is 6.06. The summed E-state index contributed by atoms with van der Waals surface area (Å²) in [5, 5.41) is 15.1. The lowest BCUT2D eigenvalue weighted by Crippen LogP contribution is -2.61. The molecule has 0 spiro atoms. The number of halogens is 3. The molecule has 2 heterocycles. The van der Waals surface area contributed by atoms with Crippen molar-refractivity contribution in [2.75, 3.05) is 5.32 Å². The fourth-order valence-electron chi connectivity index (χ4n) is 6.69. The molecule has 3 N–H and O–H groups in total. The van der Waals surface area contributed by atoms with Crippen LogP contribution >= 0.6 is 0 Å². The van der Waals surface area contributed by atoms with Gasteiger partial charge in [-0.1, -0.05) is 31.0 Å². The average Bonchev–Trinajstić information content (AvgIpc) is 3.64. The van der Waals surface area contributed by atoms with Crippen molar-refractivity contribution in [3.05, 3.63) is 89.1 Å². The largest absolute Gasteiger partial charge is 0.478 e. The maximum absolute atomic E-state index is 13.9. The quantitative estimate of drug-likeness (QED) is 0.177. The number of hydrogen-bond acceptors (Lipinski definition) is 4. The average molecular weight is 631 g/mol. The van der Waals surface area contributed by atoms with Gasteiger partial charge < -0.3 is 20.3 Å². The summed E-state index contributed by atoms with van der Waals surface area (Å²) in [6.45, 7) is 0. The van der Waals surface area contributed by atoms with Crippen molar-refractivity contribution in [1.29, 1.82) is 0 Å². The van der Waals surface area contributed by atoms with Gasteiger partial charge in [-0.3, -0.25) is 14.6 Å². The molecule has 4 aromatic rings. The highest BCUT2D eigenvalue weighted by atomic mass is 19.4. The van der Waals surface area contributed by atoms with Crippen molar-refractivity contribution in [3.8, 4) is 11.4 Å². The van der Waals surface area contributed by atoms with Gasteiger partial charge in [-0.25, -0.2) is 4.79 Å². The molecule has 2 fully saturated rings. The molecule has 0 aliphatic heterocycles. The number of benzene rings is 2. The summed E-state index contributed by atoms with van der Waals surface area (Å²) in [5.41, 5.74) is 1.32. The minimum Gasteiger partial charge on any atom is -0.478 e. The number of carboxylic acids is 1. The first-order chi connectivity index (χ1) is 22.0. The number of nitrogens with zero attached hydrogens (tertiary/aromatic N) is 2. The molecule has 2 aromatic carbocycles. The van der Waals surface area contributed by atoms with Crippen LogP contribution in [0.2, 0.25) is 0 Å². The molecular weight excluding hydrogens is 597 g/mol. The fourth-order valence-corrected chi connectivity index (χ4v) is 6.69. The smallest absolute Gasteiger partial charge is 0.418 e. The molecule has 0 radical (unpaired) electrons. The molecule has 0 atom stereocenters. The van der Waals surface area contributed by atoms with Gasteiger partial charge in [0.05, 0.1) is 22.6 Å². The Balaban J connectivity index is 1.28. The number of rotatable bonds is 8. The lowest BCUT2D eigenvalue weighted by atomic mass is 9.75. The van der Waals surface area contributed by atoms with Gasteiger partial charge in [0.2, 0.25) is 5.91 Å². The predicted molar refractivity (Wildman–Crippen MR) is 168 cm³/mol. The van der Waals surface area contributed by atoms with Gasteiger partial charge in [0.15, 0.2) is 0 Å². The Morgan fingerprint density at radius 1 is 1.02 bits per heavy atom. The first kappa shape index (κ1) is 31.1. The van der Waals surface area contributed by atoms with Crippen LogP contribution in [-0.4, -0.2) is 38.0 Å². The van der Waals surface area contributed by atoms with E-state index in [1.54, 1.807) is 18.3 Å². The third-order valence-electron chi connectivity index (χ3n) is 9.18. The second-order valence-corrected chi connectivity index (χ2v) is 12.1. The van der Waals surface area contributed by atoms with Crippen molar-refractivity contribution in [1.82, 2.24) is 14.9 Å². The Kier molecular flexibility index (Phi) is 8.18. The van der Waals surface area contributed by atoms with Crippen LogP contribution in [0.3, 0.4) is 0 Å². The number of nitrogens with one attached hydrogen (secondary N) is 2. The van der Waals surface area contributed by atoms with E-state index in [0.717, 1.165) is 72.3 Å². The maximum Gasteiger partial charge on any atom is 0.418 e. The number of aromatic nitrogens is 2. The van der Waals surface area contributed by atoms with Gasteiger partial charge in [0.25, 0.3) is 5.91 Å². The van der Waals surface area contributed by atoms with Crippen molar-refractivity contribution in [3.63, 3.8) is 0 Å². The molecule has 0 saturated heterocycles. The Bertz CT molecular complexity index is 1850. The number of amides is 2. The number of carbonyl (C=O) groups is 3.